The molecule has 0 spiro atoms. The number of allylic oxidation sites excluding steroid dienone is 1. The van der Waals surface area contributed by atoms with E-state index in [4.69, 9.17) is 9.47 Å². The van der Waals surface area contributed by atoms with Crippen LogP contribution in [0.15, 0.2) is 11.6 Å². The number of nitrogens with zero attached hydrogens (tertiary/aromatic N) is 1. The summed E-state index contributed by atoms with van der Waals surface area (Å²) in [5, 5.41) is 10.7. The summed E-state index contributed by atoms with van der Waals surface area (Å²) in [6, 6.07) is 0. The first-order chi connectivity index (χ1) is 10.3. The molecule has 124 valence electrons. The van der Waals surface area contributed by atoms with E-state index in [0.29, 0.717) is 13.0 Å². The summed E-state index contributed by atoms with van der Waals surface area (Å²) in [5.74, 6) is -0.666. The molecule has 1 N–H and O–H groups in total. The van der Waals surface area contributed by atoms with Gasteiger partial charge in [-0.25, -0.2) is 0 Å². The molecular formula is C17H27NO4. The Hall–Kier alpha value is -0.910. The predicted molar refractivity (Wildman–Crippen MR) is 82.3 cm³/mol. The van der Waals surface area contributed by atoms with Crippen molar-refractivity contribution in [3.05, 3.63) is 11.6 Å². The van der Waals surface area contributed by atoms with Crippen molar-refractivity contribution in [3.63, 3.8) is 0 Å². The first kappa shape index (κ1) is 16.0. The van der Waals surface area contributed by atoms with Gasteiger partial charge in [-0.1, -0.05) is 11.6 Å². The normalized spacial score (nSPS) is 47.3. The van der Waals surface area contributed by atoms with Crippen LogP contribution in [0.5, 0.6) is 0 Å². The molecule has 0 aromatic carbocycles. The topological polar surface area (TPSA) is 62.3 Å². The van der Waals surface area contributed by atoms with Crippen LogP contribution in [0.3, 0.4) is 0 Å². The summed E-state index contributed by atoms with van der Waals surface area (Å²) < 4.78 is 11.6. The third-order valence-corrected chi connectivity index (χ3v) is 5.31. The zero-order valence-electron chi connectivity index (χ0n) is 13.9. The molecule has 3 rings (SSSR count). The van der Waals surface area contributed by atoms with Crippen LogP contribution in [0.25, 0.3) is 0 Å². The fourth-order valence-corrected chi connectivity index (χ4v) is 4.05. The molecule has 6 atom stereocenters. The minimum atomic E-state index is -0.566. The third-order valence-electron chi connectivity index (χ3n) is 5.31. The number of aliphatic hydroxyl groups is 1. The lowest BCUT2D eigenvalue weighted by molar-refractivity contribution is -0.145. The van der Waals surface area contributed by atoms with Crippen LogP contribution in [0.4, 0.5) is 0 Å². The first-order valence-corrected chi connectivity index (χ1v) is 8.18. The average molecular weight is 309 g/mol. The first-order valence-electron chi connectivity index (χ1n) is 8.18. The predicted octanol–water partition coefficient (Wildman–Crippen LogP) is 1.35. The van der Waals surface area contributed by atoms with E-state index in [2.05, 4.69) is 13.0 Å². The Morgan fingerprint density at radius 1 is 1.45 bits per heavy atom. The lowest BCUT2D eigenvalue weighted by Crippen LogP contribution is -2.41. The van der Waals surface area contributed by atoms with Crippen LogP contribution in [0.1, 0.15) is 33.1 Å². The van der Waals surface area contributed by atoms with Crippen LogP contribution >= 0.6 is 0 Å². The van der Waals surface area contributed by atoms with E-state index in [1.54, 1.807) is 0 Å². The summed E-state index contributed by atoms with van der Waals surface area (Å²) in [6.07, 6.45) is 3.71. The number of rotatable bonds is 2. The molecule has 0 unspecified atom stereocenters. The summed E-state index contributed by atoms with van der Waals surface area (Å²) in [7, 11) is 3.88. The van der Waals surface area contributed by atoms with Gasteiger partial charge in [-0.2, -0.15) is 0 Å². The van der Waals surface area contributed by atoms with Gasteiger partial charge in [0.15, 0.2) is 0 Å². The van der Waals surface area contributed by atoms with Crippen molar-refractivity contribution in [1.82, 2.24) is 4.90 Å². The Morgan fingerprint density at radius 3 is 2.86 bits per heavy atom. The van der Waals surface area contributed by atoms with Crippen molar-refractivity contribution in [3.8, 4) is 0 Å². The van der Waals surface area contributed by atoms with Crippen molar-refractivity contribution in [2.24, 2.45) is 11.8 Å². The summed E-state index contributed by atoms with van der Waals surface area (Å²) in [6.45, 7) is 4.73. The van der Waals surface area contributed by atoms with Gasteiger partial charge in [0, 0.05) is 12.5 Å². The van der Waals surface area contributed by atoms with Gasteiger partial charge in [-0.05, 0) is 47.2 Å². The second-order valence-corrected chi connectivity index (χ2v) is 7.56. The zero-order valence-corrected chi connectivity index (χ0v) is 13.9. The van der Waals surface area contributed by atoms with E-state index in [0.717, 1.165) is 12.8 Å². The maximum absolute atomic E-state index is 12.3. The Balaban J connectivity index is 1.90. The molecule has 22 heavy (non-hydrogen) atoms. The highest BCUT2D eigenvalue weighted by Gasteiger charge is 2.64. The second kappa shape index (κ2) is 5.62. The average Bonchev–Trinajstić information content (AvgIpc) is 2.96. The Labute approximate surface area is 132 Å². The third kappa shape index (κ3) is 2.82. The minimum Gasteiger partial charge on any atom is -0.459 e. The molecule has 0 bridgehead atoms. The van der Waals surface area contributed by atoms with Crippen molar-refractivity contribution in [1.29, 1.82) is 0 Å². The van der Waals surface area contributed by atoms with Crippen LogP contribution in [0.2, 0.25) is 0 Å². The summed E-state index contributed by atoms with van der Waals surface area (Å²) in [4.78, 5) is 14.3. The summed E-state index contributed by atoms with van der Waals surface area (Å²) >= 11 is 0. The largest absolute Gasteiger partial charge is 0.459 e. The molecule has 2 fully saturated rings. The van der Waals surface area contributed by atoms with Crippen molar-refractivity contribution in [2.75, 3.05) is 20.6 Å². The smallest absolute Gasteiger partial charge is 0.311 e. The Bertz CT molecular complexity index is 489. The molecule has 2 saturated heterocycles. The van der Waals surface area contributed by atoms with E-state index in [1.807, 2.05) is 25.9 Å². The highest BCUT2D eigenvalue weighted by Crippen LogP contribution is 2.50. The number of esters is 1. The van der Waals surface area contributed by atoms with Gasteiger partial charge in [-0.15, -0.1) is 0 Å². The molecular weight excluding hydrogens is 282 g/mol. The number of hydrogen-bond acceptors (Lipinski definition) is 5. The molecule has 0 saturated carbocycles. The lowest BCUT2D eigenvalue weighted by Gasteiger charge is -2.28. The fourth-order valence-electron chi connectivity index (χ4n) is 4.05. The van der Waals surface area contributed by atoms with E-state index < -0.39 is 6.10 Å². The van der Waals surface area contributed by atoms with Crippen molar-refractivity contribution >= 4 is 5.97 Å². The number of carbonyl (C=O) groups is 1. The quantitative estimate of drug-likeness (QED) is 0.474. The van der Waals surface area contributed by atoms with Gasteiger partial charge in [0.25, 0.3) is 0 Å². The van der Waals surface area contributed by atoms with Gasteiger partial charge in [0.1, 0.15) is 12.2 Å². The minimum absolute atomic E-state index is 0.0740. The molecule has 2 aliphatic heterocycles. The molecule has 0 aromatic rings. The van der Waals surface area contributed by atoms with Crippen LogP contribution in [-0.2, 0) is 14.3 Å². The van der Waals surface area contributed by atoms with Gasteiger partial charge in [-0.3, -0.25) is 4.79 Å². The number of fused-ring (bicyclic) bond motifs is 3. The van der Waals surface area contributed by atoms with E-state index in [1.165, 1.54) is 5.57 Å². The maximum atomic E-state index is 12.3. The molecule has 0 aromatic heterocycles. The number of ether oxygens (including phenoxy) is 2. The highest BCUT2D eigenvalue weighted by atomic mass is 16.6. The Kier molecular flexibility index (Phi) is 4.08. The molecule has 5 heteroatoms. The van der Waals surface area contributed by atoms with Gasteiger partial charge < -0.3 is 19.5 Å². The summed E-state index contributed by atoms with van der Waals surface area (Å²) in [5.41, 5.74) is 0.959. The molecule has 3 aliphatic rings. The maximum Gasteiger partial charge on any atom is 0.311 e. The standard InChI is InChI=1S/C17H27NO4/c1-10-6-5-7-17(2)15(22-17)14-13(12(19)8-10)11(9-18(3)4)16(20)21-14/h6,11-15,19H,5,7-9H2,1-4H3/b10-6+/t11-,12-,13-,14-,15+,17+/m0/s1. The highest BCUT2D eigenvalue weighted by molar-refractivity contribution is 5.76. The van der Waals surface area contributed by atoms with Crippen LogP contribution < -0.4 is 0 Å². The second-order valence-electron chi connectivity index (χ2n) is 7.56. The number of aliphatic hydroxyl groups excluding tert-OH is 1. The zero-order chi connectivity index (χ0) is 16.1. The molecule has 5 nitrogen and oxygen atoms in total. The lowest BCUT2D eigenvalue weighted by atomic mass is 9.79. The Morgan fingerprint density at radius 2 is 2.18 bits per heavy atom. The monoisotopic (exact) mass is 309 g/mol. The van der Waals surface area contributed by atoms with Crippen LogP contribution in [0, 0.1) is 11.8 Å². The molecule has 0 amide bonds. The van der Waals surface area contributed by atoms with Crippen molar-refractivity contribution < 1.29 is 19.4 Å². The molecule has 2 heterocycles. The molecule has 1 aliphatic carbocycles. The molecule has 0 radical (unpaired) electrons. The van der Waals surface area contributed by atoms with Gasteiger partial charge in [0.2, 0.25) is 0 Å². The van der Waals surface area contributed by atoms with E-state index in [-0.39, 0.29) is 35.6 Å². The number of hydrogen-bond donors (Lipinski definition) is 1. The van der Waals surface area contributed by atoms with Crippen molar-refractivity contribution in [2.45, 2.75) is 57.0 Å². The fraction of sp³-hybridized carbons (Fsp3) is 0.824. The number of carbonyl (C=O) groups excluding carboxylic acids is 1. The van der Waals surface area contributed by atoms with E-state index in [9.17, 15) is 9.90 Å². The van der Waals surface area contributed by atoms with Gasteiger partial charge in [0.05, 0.1) is 17.6 Å². The van der Waals surface area contributed by atoms with Gasteiger partial charge >= 0.3 is 5.97 Å². The SMILES string of the molecule is C/C1=C\CC[C@@]2(C)O[C@@H]2[C@H]2OC(=O)[C@@H](CN(C)C)[C@H]2[C@@H](O)C1. The van der Waals surface area contributed by atoms with E-state index >= 15 is 0 Å². The number of epoxide rings is 1. The van der Waals surface area contributed by atoms with Crippen LogP contribution in [-0.4, -0.2) is 60.5 Å².